The van der Waals surface area contributed by atoms with Crippen LogP contribution in [0, 0.1) is 20.8 Å². The first-order chi connectivity index (χ1) is 9.81. The Morgan fingerprint density at radius 2 is 1.52 bits per heavy atom. The second-order valence-electron chi connectivity index (χ2n) is 5.33. The van der Waals surface area contributed by atoms with E-state index in [0.717, 1.165) is 16.7 Å². The number of aryl methyl sites for hydroxylation is 3. The molecule has 21 heavy (non-hydrogen) atoms. The summed E-state index contributed by atoms with van der Waals surface area (Å²) in [4.78, 5) is 12.6. The molecule has 0 heterocycles. The molecule has 1 atom stereocenters. The minimum absolute atomic E-state index is 0.429. The number of carbonyl (C=O) groups excluding carboxylic acids is 1. The van der Waals surface area contributed by atoms with Crippen LogP contribution in [0.5, 0.6) is 5.75 Å². The average Bonchev–Trinajstić information content (AvgIpc) is 2.38. The molecule has 0 bridgehead atoms. The van der Waals surface area contributed by atoms with Gasteiger partial charge in [-0.1, -0.05) is 35.9 Å². The monoisotopic (exact) mass is 302 g/mol. The van der Waals surface area contributed by atoms with Gasteiger partial charge in [0.05, 0.1) is 0 Å². The number of hydrogen-bond acceptors (Lipinski definition) is 3. The van der Waals surface area contributed by atoms with Gasteiger partial charge in [-0.15, -0.1) is 0 Å². The van der Waals surface area contributed by atoms with Crippen molar-refractivity contribution in [2.75, 3.05) is 6.66 Å². The Bertz CT molecular complexity index is 697. The Kier molecular flexibility index (Phi) is 4.34. The molecule has 1 unspecified atom stereocenters. The van der Waals surface area contributed by atoms with E-state index in [-0.39, 0.29) is 0 Å². The van der Waals surface area contributed by atoms with E-state index in [1.54, 1.807) is 24.3 Å². The first-order valence-corrected chi connectivity index (χ1v) is 8.83. The van der Waals surface area contributed by atoms with Gasteiger partial charge in [-0.2, -0.15) is 0 Å². The Hall–Kier alpha value is -1.86. The Labute approximate surface area is 125 Å². The minimum atomic E-state index is -3.44. The van der Waals surface area contributed by atoms with Crippen molar-refractivity contribution in [2.24, 2.45) is 0 Å². The third kappa shape index (κ3) is 3.43. The van der Waals surface area contributed by atoms with Crippen LogP contribution in [0.1, 0.15) is 27.0 Å². The van der Waals surface area contributed by atoms with Crippen molar-refractivity contribution in [2.45, 2.75) is 20.8 Å². The molecule has 0 aromatic heterocycles. The van der Waals surface area contributed by atoms with E-state index in [9.17, 15) is 9.36 Å². The van der Waals surface area contributed by atoms with Gasteiger partial charge in [0.2, 0.25) is 0 Å². The van der Waals surface area contributed by atoms with Gasteiger partial charge in [-0.05, 0) is 44.0 Å². The molecule has 4 heteroatoms. The van der Waals surface area contributed by atoms with Gasteiger partial charge in [0, 0.05) is 12.2 Å². The van der Waals surface area contributed by atoms with E-state index in [4.69, 9.17) is 4.52 Å². The number of para-hydroxylation sites is 1. The number of rotatable bonds is 4. The van der Waals surface area contributed by atoms with Crippen molar-refractivity contribution in [3.63, 3.8) is 0 Å². The number of carbonyl (C=O) groups is 1. The third-order valence-electron chi connectivity index (χ3n) is 3.28. The lowest BCUT2D eigenvalue weighted by molar-refractivity contribution is 0.106. The topological polar surface area (TPSA) is 43.4 Å². The average molecular weight is 302 g/mol. The van der Waals surface area contributed by atoms with Crippen molar-refractivity contribution in [3.05, 3.63) is 64.7 Å². The van der Waals surface area contributed by atoms with E-state index in [2.05, 4.69) is 0 Å². The molecule has 0 saturated carbocycles. The van der Waals surface area contributed by atoms with Crippen LogP contribution in [-0.4, -0.2) is 12.2 Å². The fourth-order valence-electron chi connectivity index (χ4n) is 2.44. The Morgan fingerprint density at radius 1 is 1.00 bits per heavy atom. The summed E-state index contributed by atoms with van der Waals surface area (Å²) in [7, 11) is -3.44. The van der Waals surface area contributed by atoms with Gasteiger partial charge in [0.1, 0.15) is 5.75 Å². The summed E-state index contributed by atoms with van der Waals surface area (Å²) in [6.45, 7) is 7.06. The van der Waals surface area contributed by atoms with E-state index >= 15 is 0 Å². The normalized spacial score (nSPS) is 13.5. The summed E-state index contributed by atoms with van der Waals surface area (Å²) >= 11 is 0. The van der Waals surface area contributed by atoms with Crippen LogP contribution in [0.3, 0.4) is 0 Å². The van der Waals surface area contributed by atoms with Crippen molar-refractivity contribution >= 4 is 12.9 Å². The molecule has 0 saturated heterocycles. The van der Waals surface area contributed by atoms with E-state index < -0.39 is 12.9 Å². The third-order valence-corrected chi connectivity index (χ3v) is 4.80. The molecular formula is C17H19O3P. The molecule has 0 spiro atoms. The smallest absolute Gasteiger partial charge is 0.313 e. The van der Waals surface area contributed by atoms with Crippen molar-refractivity contribution in [3.8, 4) is 5.75 Å². The van der Waals surface area contributed by atoms with Crippen LogP contribution in [0.2, 0.25) is 0 Å². The maximum Gasteiger partial charge on any atom is 0.313 e. The molecule has 0 aliphatic carbocycles. The van der Waals surface area contributed by atoms with Gasteiger partial charge < -0.3 is 4.52 Å². The fraction of sp³-hybridized carbons (Fsp3) is 0.235. The summed E-state index contributed by atoms with van der Waals surface area (Å²) in [5.41, 5.74) is 2.81. The van der Waals surface area contributed by atoms with E-state index in [0.29, 0.717) is 11.3 Å². The van der Waals surface area contributed by atoms with Gasteiger partial charge >= 0.3 is 7.37 Å². The second-order valence-corrected chi connectivity index (χ2v) is 7.61. The van der Waals surface area contributed by atoms with Gasteiger partial charge in [0.25, 0.3) is 5.52 Å². The highest BCUT2D eigenvalue weighted by atomic mass is 31.2. The van der Waals surface area contributed by atoms with Gasteiger partial charge in [-0.25, -0.2) is 0 Å². The van der Waals surface area contributed by atoms with Crippen LogP contribution in [-0.2, 0) is 4.57 Å². The first kappa shape index (κ1) is 15.5. The lowest BCUT2D eigenvalue weighted by Gasteiger charge is -2.17. The molecule has 0 amide bonds. The number of benzene rings is 2. The highest BCUT2D eigenvalue weighted by Crippen LogP contribution is 2.47. The summed E-state index contributed by atoms with van der Waals surface area (Å²) in [5, 5.41) is 0. The molecule has 0 N–H and O–H groups in total. The maximum atomic E-state index is 12.7. The zero-order valence-corrected chi connectivity index (χ0v) is 13.6. The molecule has 2 aromatic carbocycles. The first-order valence-electron chi connectivity index (χ1n) is 6.76. The van der Waals surface area contributed by atoms with Crippen molar-refractivity contribution < 1.29 is 13.9 Å². The van der Waals surface area contributed by atoms with Crippen LogP contribution >= 0.6 is 7.37 Å². The van der Waals surface area contributed by atoms with E-state index in [1.807, 2.05) is 39.0 Å². The lowest BCUT2D eigenvalue weighted by Crippen LogP contribution is -2.09. The fourth-order valence-corrected chi connectivity index (χ4v) is 3.81. The summed E-state index contributed by atoms with van der Waals surface area (Å²) in [6, 6.07) is 12.6. The molecule has 0 aliphatic rings. The lowest BCUT2D eigenvalue weighted by atomic mass is 10.0. The van der Waals surface area contributed by atoms with Crippen LogP contribution in [0.4, 0.5) is 0 Å². The maximum absolute atomic E-state index is 12.7. The highest BCUT2D eigenvalue weighted by Gasteiger charge is 2.32. The summed E-state index contributed by atoms with van der Waals surface area (Å²) in [5.74, 6) is 0.444. The zero-order chi connectivity index (χ0) is 15.6. The standard InChI is InChI=1S/C17H19O3P/c1-12-10-13(2)16(14(3)11-12)17(18)21(4,19)20-15-8-6-5-7-9-15/h5-11H,1-4H3. The Balaban J connectivity index is 2.37. The molecule has 2 rings (SSSR count). The van der Waals surface area contributed by atoms with E-state index in [1.165, 1.54) is 6.66 Å². The largest absolute Gasteiger partial charge is 0.438 e. The molecule has 2 aromatic rings. The van der Waals surface area contributed by atoms with Crippen LogP contribution < -0.4 is 4.52 Å². The zero-order valence-electron chi connectivity index (χ0n) is 12.7. The molecule has 3 nitrogen and oxygen atoms in total. The molecule has 110 valence electrons. The summed E-state index contributed by atoms with van der Waals surface area (Å²) < 4.78 is 18.2. The minimum Gasteiger partial charge on any atom is -0.438 e. The van der Waals surface area contributed by atoms with Gasteiger partial charge in [-0.3, -0.25) is 9.36 Å². The predicted molar refractivity (Wildman–Crippen MR) is 85.6 cm³/mol. The van der Waals surface area contributed by atoms with Gasteiger partial charge in [0.15, 0.2) is 0 Å². The molecule has 0 fully saturated rings. The predicted octanol–water partition coefficient (Wildman–Crippen LogP) is 4.74. The molecule has 0 aliphatic heterocycles. The van der Waals surface area contributed by atoms with Crippen LogP contribution in [0.25, 0.3) is 0 Å². The highest BCUT2D eigenvalue weighted by molar-refractivity contribution is 7.76. The second kappa shape index (κ2) is 5.87. The molecule has 0 radical (unpaired) electrons. The molecular weight excluding hydrogens is 283 g/mol. The summed E-state index contributed by atoms with van der Waals surface area (Å²) in [6.07, 6.45) is 0. The van der Waals surface area contributed by atoms with Crippen LogP contribution in [0.15, 0.2) is 42.5 Å². The van der Waals surface area contributed by atoms with Crippen molar-refractivity contribution in [1.29, 1.82) is 0 Å². The Morgan fingerprint density at radius 3 is 2.05 bits per heavy atom. The SMILES string of the molecule is Cc1cc(C)c(C(=O)P(C)(=O)Oc2ccccc2)c(C)c1. The van der Waals surface area contributed by atoms with Crippen molar-refractivity contribution in [1.82, 2.24) is 0 Å². The quantitative estimate of drug-likeness (QED) is 0.766. The number of hydrogen-bond donors (Lipinski definition) is 0.